The Hall–Kier alpha value is -2.58. The first-order chi connectivity index (χ1) is 16.9. The van der Waals surface area contributed by atoms with Crippen LogP contribution in [0.4, 0.5) is 14.6 Å². The number of carbonyl (C=O) groups excluding carboxylic acids is 1. The van der Waals surface area contributed by atoms with Crippen molar-refractivity contribution in [2.45, 2.75) is 56.2 Å². The van der Waals surface area contributed by atoms with Gasteiger partial charge in [0.2, 0.25) is 0 Å². The summed E-state index contributed by atoms with van der Waals surface area (Å²) in [7, 11) is 0. The van der Waals surface area contributed by atoms with Gasteiger partial charge >= 0.3 is 0 Å². The lowest BCUT2D eigenvalue weighted by Crippen LogP contribution is -2.40. The van der Waals surface area contributed by atoms with Crippen LogP contribution in [0.15, 0.2) is 36.5 Å². The Morgan fingerprint density at radius 3 is 2.54 bits per heavy atom. The lowest BCUT2D eigenvalue weighted by Gasteiger charge is -2.28. The number of alkyl halides is 2. The molecule has 1 aromatic carbocycles. The number of benzene rings is 1. The summed E-state index contributed by atoms with van der Waals surface area (Å²) in [6, 6.07) is 9.39. The molecule has 5 rings (SSSR count). The highest BCUT2D eigenvalue weighted by molar-refractivity contribution is 5.99. The van der Waals surface area contributed by atoms with Gasteiger partial charge in [0.05, 0.1) is 17.7 Å². The summed E-state index contributed by atoms with van der Waals surface area (Å²) in [5.74, 6) is 0.848. The van der Waals surface area contributed by atoms with E-state index in [4.69, 9.17) is 5.73 Å². The molecule has 188 valence electrons. The fourth-order valence-corrected chi connectivity index (χ4v) is 6.32. The number of nitrogens with one attached hydrogen (secondary N) is 1. The third-order valence-electron chi connectivity index (χ3n) is 8.69. The average Bonchev–Trinajstić information content (AvgIpc) is 3.22. The van der Waals surface area contributed by atoms with Gasteiger partial charge in [-0.1, -0.05) is 31.2 Å². The summed E-state index contributed by atoms with van der Waals surface area (Å²) >= 11 is 0. The molecule has 8 heteroatoms. The van der Waals surface area contributed by atoms with Crippen LogP contribution in [0.5, 0.6) is 0 Å². The number of aliphatic hydroxyl groups excluding tert-OH is 1. The van der Waals surface area contributed by atoms with Crippen molar-refractivity contribution in [1.82, 2.24) is 15.2 Å². The van der Waals surface area contributed by atoms with E-state index in [9.17, 15) is 18.7 Å². The Labute approximate surface area is 204 Å². The number of hydrogen-bond acceptors (Lipinski definition) is 5. The van der Waals surface area contributed by atoms with Crippen molar-refractivity contribution in [2.75, 3.05) is 32.2 Å². The summed E-state index contributed by atoms with van der Waals surface area (Å²) in [6.07, 6.45) is 4.26. The van der Waals surface area contributed by atoms with E-state index in [1.807, 2.05) is 17.0 Å². The van der Waals surface area contributed by atoms with Crippen LogP contribution in [0.3, 0.4) is 0 Å². The molecule has 6 nitrogen and oxygen atoms in total. The van der Waals surface area contributed by atoms with Crippen molar-refractivity contribution >= 4 is 11.7 Å². The number of hydrogen-bond donors (Lipinski definition) is 3. The van der Waals surface area contributed by atoms with Gasteiger partial charge in [-0.2, -0.15) is 0 Å². The van der Waals surface area contributed by atoms with Gasteiger partial charge in [0, 0.05) is 36.3 Å². The van der Waals surface area contributed by atoms with Crippen LogP contribution in [0.2, 0.25) is 0 Å². The number of nitrogen functional groups attached to an aromatic ring is 1. The van der Waals surface area contributed by atoms with Gasteiger partial charge in [-0.15, -0.1) is 0 Å². The third-order valence-corrected chi connectivity index (χ3v) is 8.69. The van der Waals surface area contributed by atoms with Crippen LogP contribution < -0.4 is 11.1 Å². The zero-order valence-electron chi connectivity index (χ0n) is 20.1. The number of piperidine rings is 1. The topological polar surface area (TPSA) is 91.5 Å². The number of aromatic nitrogens is 1. The van der Waals surface area contributed by atoms with Crippen molar-refractivity contribution in [1.29, 1.82) is 0 Å². The van der Waals surface area contributed by atoms with Gasteiger partial charge in [-0.05, 0) is 54.7 Å². The maximum absolute atomic E-state index is 13.2. The number of rotatable bonds is 7. The van der Waals surface area contributed by atoms with Gasteiger partial charge in [-0.3, -0.25) is 9.69 Å². The Morgan fingerprint density at radius 2 is 1.89 bits per heavy atom. The number of pyridine rings is 1. The average molecular weight is 485 g/mol. The lowest BCUT2D eigenvalue weighted by atomic mass is 9.91. The number of nitrogens with zero attached hydrogens (tertiary/aromatic N) is 2. The number of fused-ring (bicyclic) bond motifs is 1. The molecule has 1 aromatic heterocycles. The van der Waals surface area contributed by atoms with E-state index < -0.39 is 19.4 Å². The van der Waals surface area contributed by atoms with Crippen LogP contribution in [0.1, 0.15) is 48.5 Å². The summed E-state index contributed by atoms with van der Waals surface area (Å²) in [5.41, 5.74) is 9.26. The number of carbonyl (C=O) groups is 1. The van der Waals surface area contributed by atoms with E-state index in [1.54, 1.807) is 12.3 Å². The van der Waals surface area contributed by atoms with Crippen molar-refractivity contribution < 1.29 is 18.7 Å². The molecule has 35 heavy (non-hydrogen) atoms. The minimum atomic E-state index is -0.657. The second-order valence-corrected chi connectivity index (χ2v) is 10.5. The minimum absolute atomic E-state index is 0.0290. The molecule has 1 saturated heterocycles. The lowest BCUT2D eigenvalue weighted by molar-refractivity contribution is 0.0868. The number of anilines is 1. The normalized spacial score (nSPS) is 30.3. The van der Waals surface area contributed by atoms with Crippen LogP contribution in [-0.4, -0.2) is 65.5 Å². The molecular weight excluding hydrogens is 450 g/mol. The predicted molar refractivity (Wildman–Crippen MR) is 131 cm³/mol. The molecular formula is C27H34F2N4O2. The molecule has 4 N–H and O–H groups in total. The van der Waals surface area contributed by atoms with Crippen molar-refractivity contribution in [3.05, 3.63) is 47.7 Å². The van der Waals surface area contributed by atoms with E-state index in [0.29, 0.717) is 36.8 Å². The van der Waals surface area contributed by atoms with Crippen LogP contribution in [0.25, 0.3) is 11.1 Å². The molecule has 3 atom stereocenters. The van der Waals surface area contributed by atoms with E-state index in [1.165, 1.54) is 5.56 Å². The Balaban J connectivity index is 1.31. The molecule has 1 aliphatic heterocycles. The van der Waals surface area contributed by atoms with Gasteiger partial charge in [0.25, 0.3) is 5.91 Å². The number of halogens is 2. The van der Waals surface area contributed by atoms with E-state index in [2.05, 4.69) is 29.4 Å². The van der Waals surface area contributed by atoms with E-state index in [0.717, 1.165) is 30.5 Å². The van der Waals surface area contributed by atoms with Crippen molar-refractivity contribution in [3.63, 3.8) is 0 Å². The molecule has 1 amide bonds. The highest BCUT2D eigenvalue weighted by Gasteiger charge is 2.67. The van der Waals surface area contributed by atoms with Crippen molar-refractivity contribution in [3.8, 4) is 11.1 Å². The maximum Gasteiger partial charge on any atom is 0.255 e. The van der Waals surface area contributed by atoms with Crippen LogP contribution >= 0.6 is 0 Å². The number of amides is 1. The van der Waals surface area contributed by atoms with Gasteiger partial charge in [-0.25, -0.2) is 13.8 Å². The zero-order valence-corrected chi connectivity index (χ0v) is 20.1. The van der Waals surface area contributed by atoms with E-state index in [-0.39, 0.29) is 29.3 Å². The van der Waals surface area contributed by atoms with Crippen LogP contribution in [-0.2, 0) is 5.41 Å². The molecule has 0 spiro atoms. The summed E-state index contributed by atoms with van der Waals surface area (Å²) in [6.45, 7) is 2.33. The second kappa shape index (κ2) is 9.47. The fourth-order valence-electron chi connectivity index (χ4n) is 6.32. The summed E-state index contributed by atoms with van der Waals surface area (Å²) < 4.78 is 26.5. The fraction of sp³-hybridized carbons (Fsp3) is 0.556. The first kappa shape index (κ1) is 24.1. The molecule has 0 bridgehead atoms. The molecule has 3 aliphatic rings. The zero-order chi connectivity index (χ0) is 24.7. The SMILES string of the molecule is C[C@H]1[C@H]2CN(C(CF)CF)C[C@]21c1ccc(-c2cnc(N)c(C(=O)N[C@H]3CC[C@H](O)CC3)c2)cc1. The predicted octanol–water partition coefficient (Wildman–Crippen LogP) is 3.49. The molecule has 2 heterocycles. The largest absolute Gasteiger partial charge is 0.393 e. The summed E-state index contributed by atoms with van der Waals surface area (Å²) in [4.78, 5) is 19.1. The highest BCUT2D eigenvalue weighted by atomic mass is 19.1. The molecule has 2 aromatic rings. The first-order valence-corrected chi connectivity index (χ1v) is 12.6. The second-order valence-electron chi connectivity index (χ2n) is 10.5. The van der Waals surface area contributed by atoms with Gasteiger partial charge in [0.15, 0.2) is 0 Å². The Bertz CT molecular complexity index is 1070. The monoisotopic (exact) mass is 484 g/mol. The van der Waals surface area contributed by atoms with E-state index >= 15 is 0 Å². The minimum Gasteiger partial charge on any atom is -0.393 e. The Kier molecular flexibility index (Phi) is 6.53. The maximum atomic E-state index is 13.2. The smallest absolute Gasteiger partial charge is 0.255 e. The first-order valence-electron chi connectivity index (χ1n) is 12.6. The quantitative estimate of drug-likeness (QED) is 0.560. The van der Waals surface area contributed by atoms with Crippen molar-refractivity contribution in [2.24, 2.45) is 11.8 Å². The molecule has 0 radical (unpaired) electrons. The molecule has 3 fully saturated rings. The molecule has 2 saturated carbocycles. The van der Waals surface area contributed by atoms with Crippen LogP contribution in [0, 0.1) is 11.8 Å². The Morgan fingerprint density at radius 1 is 1.20 bits per heavy atom. The third kappa shape index (κ3) is 4.31. The van der Waals surface area contributed by atoms with Gasteiger partial charge in [0.1, 0.15) is 19.2 Å². The number of nitrogens with two attached hydrogens (primary N) is 1. The number of likely N-dealkylation sites (tertiary alicyclic amines) is 1. The molecule has 0 unspecified atom stereocenters. The summed E-state index contributed by atoms with van der Waals surface area (Å²) in [5, 5.41) is 12.7. The van der Waals surface area contributed by atoms with Gasteiger partial charge < -0.3 is 16.2 Å². The number of aliphatic hydroxyl groups is 1. The molecule has 2 aliphatic carbocycles. The highest BCUT2D eigenvalue weighted by Crippen LogP contribution is 2.64. The standard InChI is InChI=1S/C27H34F2N4O2/c1-16-24-14-33(21(11-28)12-29)15-27(16,24)19-4-2-17(3-5-19)18-10-23(25(30)31-13-18)26(35)32-20-6-8-22(34)9-7-20/h2-5,10,13,16,20-22,24,34H,6-9,11-12,14-15H2,1H3,(H2,30,31)(H,32,35)/t16-,20-,22-,24+,27-/m0/s1.